The first-order valence-corrected chi connectivity index (χ1v) is 9.30. The topological polar surface area (TPSA) is 116 Å². The predicted octanol–water partition coefficient (Wildman–Crippen LogP) is 2.05. The lowest BCUT2D eigenvalue weighted by Gasteiger charge is -2.11. The summed E-state index contributed by atoms with van der Waals surface area (Å²) in [5.41, 5.74) is 3.41. The first kappa shape index (κ1) is 19.6. The summed E-state index contributed by atoms with van der Waals surface area (Å²) in [6.45, 7) is 5.10. The second-order valence-electron chi connectivity index (χ2n) is 5.97. The Morgan fingerprint density at radius 3 is 2.08 bits per heavy atom. The van der Waals surface area contributed by atoms with Crippen molar-refractivity contribution in [1.29, 1.82) is 0 Å². The van der Waals surface area contributed by atoms with Crippen molar-refractivity contribution in [3.8, 4) is 0 Å². The largest absolute Gasteiger partial charge is 0.452 e. The molecule has 0 saturated heterocycles. The van der Waals surface area contributed by atoms with Crippen molar-refractivity contribution >= 4 is 27.6 Å². The molecule has 26 heavy (non-hydrogen) atoms. The zero-order valence-corrected chi connectivity index (χ0v) is 15.5. The molecular weight excluding hydrogens is 356 g/mol. The van der Waals surface area contributed by atoms with Gasteiger partial charge in [-0.2, -0.15) is 0 Å². The van der Waals surface area contributed by atoms with E-state index in [4.69, 9.17) is 9.88 Å². The molecule has 3 N–H and O–H groups in total. The number of nitrogens with two attached hydrogens (primary N) is 1. The van der Waals surface area contributed by atoms with Crippen molar-refractivity contribution in [3.05, 3.63) is 58.7 Å². The number of carbonyl (C=O) groups excluding carboxylic acids is 2. The number of hydrogen-bond acceptors (Lipinski definition) is 5. The van der Waals surface area contributed by atoms with Crippen LogP contribution in [0, 0.1) is 20.8 Å². The second-order valence-corrected chi connectivity index (χ2v) is 7.53. The highest BCUT2D eigenvalue weighted by Gasteiger charge is 2.16. The minimum atomic E-state index is -3.79. The molecule has 0 heterocycles. The number of amides is 1. The molecule has 2 rings (SSSR count). The van der Waals surface area contributed by atoms with Crippen molar-refractivity contribution < 1.29 is 22.7 Å². The summed E-state index contributed by atoms with van der Waals surface area (Å²) in [4.78, 5) is 24.1. The molecule has 0 fully saturated rings. The van der Waals surface area contributed by atoms with Crippen LogP contribution in [0.2, 0.25) is 0 Å². The van der Waals surface area contributed by atoms with Crippen LogP contribution in [-0.2, 0) is 19.6 Å². The van der Waals surface area contributed by atoms with Crippen LogP contribution in [-0.4, -0.2) is 26.9 Å². The third-order valence-corrected chi connectivity index (χ3v) is 4.61. The van der Waals surface area contributed by atoms with Crippen LogP contribution in [0.1, 0.15) is 27.0 Å². The third-order valence-electron chi connectivity index (χ3n) is 3.68. The van der Waals surface area contributed by atoms with Gasteiger partial charge >= 0.3 is 5.97 Å². The zero-order chi connectivity index (χ0) is 19.5. The predicted molar refractivity (Wildman–Crippen MR) is 97.4 cm³/mol. The van der Waals surface area contributed by atoms with E-state index in [1.54, 1.807) is 0 Å². The average molecular weight is 376 g/mol. The van der Waals surface area contributed by atoms with Gasteiger partial charge in [0, 0.05) is 5.69 Å². The van der Waals surface area contributed by atoms with Crippen LogP contribution in [0.15, 0.2) is 41.3 Å². The molecule has 0 aliphatic carbocycles. The van der Waals surface area contributed by atoms with Gasteiger partial charge < -0.3 is 10.1 Å². The van der Waals surface area contributed by atoms with E-state index in [9.17, 15) is 18.0 Å². The zero-order valence-electron chi connectivity index (χ0n) is 14.7. The summed E-state index contributed by atoms with van der Waals surface area (Å²) in [6, 6.07) is 9.08. The van der Waals surface area contributed by atoms with Crippen LogP contribution in [0.5, 0.6) is 0 Å². The van der Waals surface area contributed by atoms with E-state index in [-0.39, 0.29) is 4.90 Å². The summed E-state index contributed by atoms with van der Waals surface area (Å²) in [6.07, 6.45) is 0. The number of hydrogen-bond donors (Lipinski definition) is 2. The summed E-state index contributed by atoms with van der Waals surface area (Å²) >= 11 is 0. The Morgan fingerprint density at radius 1 is 1.04 bits per heavy atom. The highest BCUT2D eigenvalue weighted by molar-refractivity contribution is 7.89. The molecule has 0 aliphatic heterocycles. The molecule has 0 spiro atoms. The fourth-order valence-electron chi connectivity index (χ4n) is 2.63. The molecule has 2 aromatic carbocycles. The second kappa shape index (κ2) is 7.67. The van der Waals surface area contributed by atoms with Crippen molar-refractivity contribution in [2.75, 3.05) is 11.9 Å². The molecule has 0 aromatic heterocycles. The Balaban J connectivity index is 1.98. The highest BCUT2D eigenvalue weighted by Crippen LogP contribution is 2.17. The smallest absolute Gasteiger partial charge is 0.339 e. The van der Waals surface area contributed by atoms with Gasteiger partial charge in [-0.05, 0) is 56.2 Å². The minimum Gasteiger partial charge on any atom is -0.452 e. The summed E-state index contributed by atoms with van der Waals surface area (Å²) in [5, 5.41) is 7.52. The molecule has 0 unspecified atom stereocenters. The van der Waals surface area contributed by atoms with Gasteiger partial charge in [-0.15, -0.1) is 0 Å². The third kappa shape index (κ3) is 4.90. The van der Waals surface area contributed by atoms with Crippen LogP contribution in [0.4, 0.5) is 5.69 Å². The van der Waals surface area contributed by atoms with E-state index >= 15 is 0 Å². The lowest BCUT2D eigenvalue weighted by Crippen LogP contribution is -2.21. The highest BCUT2D eigenvalue weighted by atomic mass is 32.2. The van der Waals surface area contributed by atoms with Crippen molar-refractivity contribution in [1.82, 2.24) is 0 Å². The van der Waals surface area contributed by atoms with E-state index < -0.39 is 28.5 Å². The first-order chi connectivity index (χ1) is 12.1. The van der Waals surface area contributed by atoms with Crippen LogP contribution >= 0.6 is 0 Å². The Morgan fingerprint density at radius 2 is 1.58 bits per heavy atom. The quantitative estimate of drug-likeness (QED) is 0.775. The molecule has 0 bridgehead atoms. The van der Waals surface area contributed by atoms with Gasteiger partial charge in [-0.1, -0.05) is 17.7 Å². The fourth-order valence-corrected chi connectivity index (χ4v) is 3.15. The van der Waals surface area contributed by atoms with Crippen LogP contribution in [0.25, 0.3) is 0 Å². The number of aryl methyl sites for hydroxylation is 3. The van der Waals surface area contributed by atoms with E-state index in [1.807, 2.05) is 32.9 Å². The number of esters is 1. The molecule has 0 atom stereocenters. The van der Waals surface area contributed by atoms with Gasteiger partial charge in [-0.25, -0.2) is 18.4 Å². The van der Waals surface area contributed by atoms with Gasteiger partial charge in [0.15, 0.2) is 6.61 Å². The maximum Gasteiger partial charge on any atom is 0.339 e. The fraction of sp³-hybridized carbons (Fsp3) is 0.222. The van der Waals surface area contributed by atoms with E-state index in [2.05, 4.69) is 5.32 Å². The van der Waals surface area contributed by atoms with Gasteiger partial charge in [-0.3, -0.25) is 4.79 Å². The Hall–Kier alpha value is -2.71. The van der Waals surface area contributed by atoms with Gasteiger partial charge in [0.1, 0.15) is 0 Å². The molecular formula is C18H20N2O5S. The van der Waals surface area contributed by atoms with E-state index in [0.29, 0.717) is 11.3 Å². The Labute approximate surface area is 152 Å². The average Bonchev–Trinajstić information content (AvgIpc) is 2.51. The number of nitrogens with one attached hydrogen (secondary N) is 1. The molecule has 2 aromatic rings. The van der Waals surface area contributed by atoms with Crippen LogP contribution in [0.3, 0.4) is 0 Å². The van der Waals surface area contributed by atoms with Gasteiger partial charge in [0.05, 0.1) is 10.5 Å². The van der Waals surface area contributed by atoms with E-state index in [0.717, 1.165) is 16.7 Å². The lowest BCUT2D eigenvalue weighted by molar-refractivity contribution is -0.119. The normalized spacial score (nSPS) is 11.1. The molecule has 0 radical (unpaired) electrons. The van der Waals surface area contributed by atoms with Gasteiger partial charge in [0.2, 0.25) is 10.0 Å². The molecule has 138 valence electrons. The maximum atomic E-state index is 12.2. The number of rotatable bonds is 5. The summed E-state index contributed by atoms with van der Waals surface area (Å²) < 4.78 is 27.4. The minimum absolute atomic E-state index is 0.0627. The molecule has 0 saturated carbocycles. The molecule has 7 nitrogen and oxygen atoms in total. The molecule has 0 aliphatic rings. The standard InChI is InChI=1S/C18H20N2O5S/c1-11-8-12(2)17(13(3)9-11)18(22)25-10-16(21)20-14-4-6-15(7-5-14)26(19,23)24/h4-9H,10H2,1-3H3,(H,20,21)(H2,19,23,24). The van der Waals surface area contributed by atoms with E-state index in [1.165, 1.54) is 24.3 Å². The number of sulfonamides is 1. The Kier molecular flexibility index (Phi) is 5.79. The maximum absolute atomic E-state index is 12.2. The van der Waals surface area contributed by atoms with Crippen molar-refractivity contribution in [2.24, 2.45) is 5.14 Å². The van der Waals surface area contributed by atoms with Crippen molar-refractivity contribution in [3.63, 3.8) is 0 Å². The van der Waals surface area contributed by atoms with Crippen LogP contribution < -0.4 is 10.5 Å². The number of benzene rings is 2. The molecule has 8 heteroatoms. The number of primary sulfonamides is 1. The SMILES string of the molecule is Cc1cc(C)c(C(=O)OCC(=O)Nc2ccc(S(N)(=O)=O)cc2)c(C)c1. The monoisotopic (exact) mass is 376 g/mol. The number of anilines is 1. The lowest BCUT2D eigenvalue weighted by atomic mass is 10.00. The first-order valence-electron chi connectivity index (χ1n) is 7.75. The molecule has 1 amide bonds. The number of carbonyl (C=O) groups is 2. The van der Waals surface area contributed by atoms with Gasteiger partial charge in [0.25, 0.3) is 5.91 Å². The summed E-state index contributed by atoms with van der Waals surface area (Å²) in [7, 11) is -3.79. The Bertz CT molecular complexity index is 927. The summed E-state index contributed by atoms with van der Waals surface area (Å²) in [5.74, 6) is -1.11. The number of ether oxygens (including phenoxy) is 1. The van der Waals surface area contributed by atoms with Crippen molar-refractivity contribution in [2.45, 2.75) is 25.7 Å².